The lowest BCUT2D eigenvalue weighted by Gasteiger charge is -2.26. The Labute approximate surface area is 106 Å². The van der Waals surface area contributed by atoms with Gasteiger partial charge in [-0.3, -0.25) is 0 Å². The third-order valence-corrected chi connectivity index (χ3v) is 2.83. The fourth-order valence-electron chi connectivity index (χ4n) is 1.85. The predicted octanol–water partition coefficient (Wildman–Crippen LogP) is 3.91. The summed E-state index contributed by atoms with van der Waals surface area (Å²) < 4.78 is 38.9. The molecule has 0 saturated heterocycles. The SMILES string of the molecule is CCCCN(CC)c1ccc(N)cc1C(F)(F)F. The van der Waals surface area contributed by atoms with Gasteiger partial charge in [0.2, 0.25) is 0 Å². The Morgan fingerprint density at radius 1 is 1.22 bits per heavy atom. The average Bonchev–Trinajstić information content (AvgIpc) is 2.30. The zero-order valence-electron chi connectivity index (χ0n) is 10.7. The van der Waals surface area contributed by atoms with Gasteiger partial charge in [-0.05, 0) is 31.5 Å². The maximum absolute atomic E-state index is 13.0. The highest BCUT2D eigenvalue weighted by molar-refractivity contribution is 5.60. The number of benzene rings is 1. The van der Waals surface area contributed by atoms with Crippen molar-refractivity contribution < 1.29 is 13.2 Å². The molecule has 2 N–H and O–H groups in total. The van der Waals surface area contributed by atoms with E-state index in [0.717, 1.165) is 18.9 Å². The molecule has 2 nitrogen and oxygen atoms in total. The lowest BCUT2D eigenvalue weighted by Crippen LogP contribution is -2.26. The normalized spacial score (nSPS) is 11.6. The van der Waals surface area contributed by atoms with Crippen LogP contribution in [-0.2, 0) is 6.18 Å². The number of hydrogen-bond donors (Lipinski definition) is 1. The van der Waals surface area contributed by atoms with E-state index in [1.807, 2.05) is 13.8 Å². The van der Waals surface area contributed by atoms with Crippen LogP contribution in [0.25, 0.3) is 0 Å². The van der Waals surface area contributed by atoms with Crippen LogP contribution < -0.4 is 10.6 Å². The number of nitrogens with zero attached hydrogens (tertiary/aromatic N) is 1. The Kier molecular flexibility index (Phi) is 4.87. The molecule has 18 heavy (non-hydrogen) atoms. The first-order valence-electron chi connectivity index (χ1n) is 6.11. The van der Waals surface area contributed by atoms with Gasteiger partial charge in [-0.15, -0.1) is 0 Å². The van der Waals surface area contributed by atoms with E-state index >= 15 is 0 Å². The fourth-order valence-corrected chi connectivity index (χ4v) is 1.85. The Bertz CT molecular complexity index is 388. The summed E-state index contributed by atoms with van der Waals surface area (Å²) >= 11 is 0. The molecule has 0 atom stereocenters. The molecule has 0 aliphatic rings. The van der Waals surface area contributed by atoms with Gasteiger partial charge in [-0.2, -0.15) is 13.2 Å². The minimum absolute atomic E-state index is 0.137. The molecule has 1 aromatic rings. The monoisotopic (exact) mass is 260 g/mol. The number of nitrogen functional groups attached to an aromatic ring is 1. The molecule has 0 aliphatic carbocycles. The van der Waals surface area contributed by atoms with Gasteiger partial charge in [0.05, 0.1) is 5.56 Å². The average molecular weight is 260 g/mol. The van der Waals surface area contributed by atoms with E-state index < -0.39 is 11.7 Å². The summed E-state index contributed by atoms with van der Waals surface area (Å²) in [7, 11) is 0. The zero-order valence-corrected chi connectivity index (χ0v) is 10.7. The fraction of sp³-hybridized carbons (Fsp3) is 0.538. The minimum Gasteiger partial charge on any atom is -0.399 e. The molecule has 1 rings (SSSR count). The molecular weight excluding hydrogens is 241 g/mol. The standard InChI is InChI=1S/C13H19F3N2/c1-3-5-8-18(4-2)12-7-6-10(17)9-11(12)13(14,15)16/h6-7,9H,3-5,8,17H2,1-2H3. The third kappa shape index (κ3) is 3.55. The Morgan fingerprint density at radius 2 is 1.89 bits per heavy atom. The van der Waals surface area contributed by atoms with Gasteiger partial charge in [-0.25, -0.2) is 0 Å². The van der Waals surface area contributed by atoms with Crippen LogP contribution in [0.5, 0.6) is 0 Å². The Hall–Kier alpha value is -1.39. The first-order chi connectivity index (χ1) is 8.40. The number of rotatable bonds is 5. The second-order valence-corrected chi connectivity index (χ2v) is 4.21. The van der Waals surface area contributed by atoms with Crippen LogP contribution in [-0.4, -0.2) is 13.1 Å². The predicted molar refractivity (Wildman–Crippen MR) is 68.7 cm³/mol. The van der Waals surface area contributed by atoms with Crippen molar-refractivity contribution in [3.05, 3.63) is 23.8 Å². The molecule has 0 radical (unpaired) electrons. The topological polar surface area (TPSA) is 29.3 Å². The lowest BCUT2D eigenvalue weighted by molar-refractivity contribution is -0.137. The van der Waals surface area contributed by atoms with Crippen LogP contribution in [0.1, 0.15) is 32.3 Å². The Balaban J connectivity index is 3.13. The highest BCUT2D eigenvalue weighted by atomic mass is 19.4. The molecule has 0 fully saturated rings. The molecule has 0 aromatic heterocycles. The second-order valence-electron chi connectivity index (χ2n) is 4.21. The molecule has 5 heteroatoms. The van der Waals surface area contributed by atoms with Crippen molar-refractivity contribution in [3.63, 3.8) is 0 Å². The zero-order chi connectivity index (χ0) is 13.8. The maximum Gasteiger partial charge on any atom is 0.418 e. The highest BCUT2D eigenvalue weighted by Crippen LogP contribution is 2.37. The molecule has 0 unspecified atom stereocenters. The first kappa shape index (κ1) is 14.7. The molecule has 0 heterocycles. The van der Waals surface area contributed by atoms with Crippen LogP contribution in [0, 0.1) is 0 Å². The number of alkyl halides is 3. The van der Waals surface area contributed by atoms with Gasteiger partial charge >= 0.3 is 6.18 Å². The van der Waals surface area contributed by atoms with E-state index in [4.69, 9.17) is 5.73 Å². The van der Waals surface area contributed by atoms with Gasteiger partial charge in [0, 0.05) is 24.5 Å². The van der Waals surface area contributed by atoms with Crippen molar-refractivity contribution in [3.8, 4) is 0 Å². The summed E-state index contributed by atoms with van der Waals surface area (Å²) in [6.45, 7) is 5.04. The molecule has 1 aromatic carbocycles. The number of nitrogens with two attached hydrogens (primary N) is 1. The summed E-state index contributed by atoms with van der Waals surface area (Å²) in [6, 6.07) is 3.97. The molecule has 0 spiro atoms. The second kappa shape index (κ2) is 5.98. The first-order valence-corrected chi connectivity index (χ1v) is 6.11. The van der Waals surface area contributed by atoms with Crippen LogP contribution >= 0.6 is 0 Å². The number of hydrogen-bond acceptors (Lipinski definition) is 2. The number of halogens is 3. The van der Waals surface area contributed by atoms with Crippen LogP contribution in [0.3, 0.4) is 0 Å². The number of anilines is 2. The van der Waals surface area contributed by atoms with Crippen molar-refractivity contribution in [2.45, 2.75) is 32.9 Å². The van der Waals surface area contributed by atoms with E-state index in [2.05, 4.69) is 0 Å². The highest BCUT2D eigenvalue weighted by Gasteiger charge is 2.34. The van der Waals surface area contributed by atoms with E-state index in [1.165, 1.54) is 12.1 Å². The summed E-state index contributed by atoms with van der Waals surface area (Å²) in [6.07, 6.45) is -2.55. The van der Waals surface area contributed by atoms with Crippen molar-refractivity contribution in [1.29, 1.82) is 0 Å². The van der Waals surface area contributed by atoms with E-state index in [-0.39, 0.29) is 11.4 Å². The van der Waals surface area contributed by atoms with Crippen molar-refractivity contribution in [1.82, 2.24) is 0 Å². The molecule has 0 saturated carbocycles. The lowest BCUT2D eigenvalue weighted by atomic mass is 10.1. The van der Waals surface area contributed by atoms with Crippen LogP contribution in [0.2, 0.25) is 0 Å². The number of unbranched alkanes of at least 4 members (excludes halogenated alkanes) is 1. The summed E-state index contributed by atoms with van der Waals surface area (Å²) in [4.78, 5) is 1.74. The molecular formula is C13H19F3N2. The van der Waals surface area contributed by atoms with Crippen molar-refractivity contribution >= 4 is 11.4 Å². The summed E-state index contributed by atoms with van der Waals surface area (Å²) in [5.74, 6) is 0. The van der Waals surface area contributed by atoms with Gasteiger partial charge < -0.3 is 10.6 Å². The van der Waals surface area contributed by atoms with Gasteiger partial charge in [-0.1, -0.05) is 13.3 Å². The Morgan fingerprint density at radius 3 is 2.39 bits per heavy atom. The maximum atomic E-state index is 13.0. The van der Waals surface area contributed by atoms with E-state index in [1.54, 1.807) is 4.90 Å². The largest absolute Gasteiger partial charge is 0.418 e. The quantitative estimate of drug-likeness (QED) is 0.813. The van der Waals surface area contributed by atoms with E-state index in [9.17, 15) is 13.2 Å². The van der Waals surface area contributed by atoms with Crippen LogP contribution in [0.4, 0.5) is 24.5 Å². The van der Waals surface area contributed by atoms with E-state index in [0.29, 0.717) is 13.1 Å². The third-order valence-electron chi connectivity index (χ3n) is 2.83. The molecule has 0 bridgehead atoms. The summed E-state index contributed by atoms with van der Waals surface area (Å²) in [5.41, 5.74) is 5.15. The van der Waals surface area contributed by atoms with Gasteiger partial charge in [0.15, 0.2) is 0 Å². The minimum atomic E-state index is -4.37. The van der Waals surface area contributed by atoms with Crippen molar-refractivity contribution in [2.75, 3.05) is 23.7 Å². The molecule has 102 valence electrons. The van der Waals surface area contributed by atoms with Gasteiger partial charge in [0.1, 0.15) is 0 Å². The van der Waals surface area contributed by atoms with Crippen LogP contribution in [0.15, 0.2) is 18.2 Å². The molecule has 0 amide bonds. The molecule has 0 aliphatic heterocycles. The summed E-state index contributed by atoms with van der Waals surface area (Å²) in [5, 5.41) is 0. The smallest absolute Gasteiger partial charge is 0.399 e. The van der Waals surface area contributed by atoms with Gasteiger partial charge in [0.25, 0.3) is 0 Å². The van der Waals surface area contributed by atoms with Crippen molar-refractivity contribution in [2.24, 2.45) is 0 Å².